The Kier molecular flexibility index (Phi) is 6.54. The van der Waals surface area contributed by atoms with Gasteiger partial charge in [-0.1, -0.05) is 30.3 Å². The first-order valence-corrected chi connectivity index (χ1v) is 5.98. The van der Waals surface area contributed by atoms with Crippen LogP contribution in [0.5, 0.6) is 0 Å². The normalized spacial score (nSPS) is 9.83. The van der Waals surface area contributed by atoms with Crippen LogP contribution in [0.15, 0.2) is 30.3 Å². The topological polar surface area (TPSA) is 52.6 Å². The van der Waals surface area contributed by atoms with Crippen LogP contribution in [-0.2, 0) is 25.7 Å². The van der Waals surface area contributed by atoms with E-state index in [0.29, 0.717) is 32.3 Å². The molecule has 0 amide bonds. The Bertz CT molecular complexity index is 373. The summed E-state index contributed by atoms with van der Waals surface area (Å²) in [6, 6.07) is 9.53. The third-order valence-electron chi connectivity index (χ3n) is 2.48. The second kappa shape index (κ2) is 8.28. The number of methoxy groups -OCH3 is 1. The molecule has 1 aromatic rings. The van der Waals surface area contributed by atoms with Gasteiger partial charge in [0.2, 0.25) is 0 Å². The van der Waals surface area contributed by atoms with E-state index in [1.165, 1.54) is 7.11 Å². The minimum absolute atomic E-state index is 0.233. The molecule has 4 heteroatoms. The molecule has 0 saturated carbocycles. The Morgan fingerprint density at radius 2 is 1.61 bits per heavy atom. The number of hydrogen-bond acceptors (Lipinski definition) is 4. The van der Waals surface area contributed by atoms with Crippen LogP contribution in [-0.4, -0.2) is 19.0 Å². The van der Waals surface area contributed by atoms with Crippen LogP contribution in [0.4, 0.5) is 0 Å². The highest BCUT2D eigenvalue weighted by Crippen LogP contribution is 2.05. The van der Waals surface area contributed by atoms with Crippen molar-refractivity contribution in [3.63, 3.8) is 0 Å². The van der Waals surface area contributed by atoms with Gasteiger partial charge in [-0.3, -0.25) is 9.59 Å². The minimum Gasteiger partial charge on any atom is -0.469 e. The molecule has 0 aliphatic rings. The number of hydrogen-bond donors (Lipinski definition) is 0. The summed E-state index contributed by atoms with van der Waals surface area (Å²) < 4.78 is 9.61. The van der Waals surface area contributed by atoms with Crippen molar-refractivity contribution in [2.75, 3.05) is 7.11 Å². The first-order chi connectivity index (χ1) is 8.72. The number of ether oxygens (including phenoxy) is 2. The Morgan fingerprint density at radius 1 is 1.00 bits per heavy atom. The zero-order valence-electron chi connectivity index (χ0n) is 10.6. The predicted molar refractivity (Wildman–Crippen MR) is 66.7 cm³/mol. The second-order valence-electron chi connectivity index (χ2n) is 3.93. The first kappa shape index (κ1) is 14.2. The molecule has 0 fully saturated rings. The van der Waals surface area contributed by atoms with Crippen molar-refractivity contribution in [1.82, 2.24) is 0 Å². The number of benzene rings is 1. The van der Waals surface area contributed by atoms with Gasteiger partial charge in [0.05, 0.1) is 7.11 Å². The maximum absolute atomic E-state index is 11.4. The monoisotopic (exact) mass is 250 g/mol. The number of unbranched alkanes of at least 4 members (excludes halogenated alkanes) is 1. The van der Waals surface area contributed by atoms with Gasteiger partial charge in [0.25, 0.3) is 0 Å². The number of carbonyl (C=O) groups is 2. The molecule has 98 valence electrons. The van der Waals surface area contributed by atoms with Gasteiger partial charge in [-0.2, -0.15) is 0 Å². The lowest BCUT2D eigenvalue weighted by Crippen LogP contribution is -2.05. The molecule has 0 saturated heterocycles. The number of carbonyl (C=O) groups excluding carboxylic acids is 2. The Labute approximate surface area is 107 Å². The predicted octanol–water partition coefficient (Wildman–Crippen LogP) is 2.46. The minimum atomic E-state index is -0.243. The van der Waals surface area contributed by atoms with Crippen molar-refractivity contribution in [1.29, 1.82) is 0 Å². The summed E-state index contributed by atoms with van der Waals surface area (Å²) in [5.41, 5.74) is 0.973. The average molecular weight is 250 g/mol. The van der Waals surface area contributed by atoms with Crippen molar-refractivity contribution in [3.8, 4) is 0 Å². The molecule has 0 aromatic heterocycles. The lowest BCUT2D eigenvalue weighted by molar-refractivity contribution is -0.145. The highest BCUT2D eigenvalue weighted by molar-refractivity contribution is 5.70. The molecule has 0 unspecified atom stereocenters. The van der Waals surface area contributed by atoms with E-state index in [4.69, 9.17) is 4.74 Å². The van der Waals surface area contributed by atoms with E-state index < -0.39 is 0 Å². The summed E-state index contributed by atoms with van der Waals surface area (Å²) in [5.74, 6) is -0.476. The second-order valence-corrected chi connectivity index (χ2v) is 3.93. The molecule has 0 heterocycles. The molecule has 0 spiro atoms. The van der Waals surface area contributed by atoms with Crippen LogP contribution in [0.1, 0.15) is 31.2 Å². The standard InChI is InChI=1S/C14H18O4/c1-17-13(15)9-5-6-10-14(16)18-11-12-7-3-2-4-8-12/h2-4,7-8H,5-6,9-11H2,1H3. The van der Waals surface area contributed by atoms with Gasteiger partial charge in [0, 0.05) is 12.8 Å². The van der Waals surface area contributed by atoms with Gasteiger partial charge < -0.3 is 9.47 Å². The Balaban J connectivity index is 2.09. The molecule has 0 N–H and O–H groups in total. The van der Waals surface area contributed by atoms with Gasteiger partial charge in [-0.15, -0.1) is 0 Å². The van der Waals surface area contributed by atoms with Gasteiger partial charge in [0.1, 0.15) is 6.61 Å². The zero-order valence-corrected chi connectivity index (χ0v) is 10.6. The third-order valence-corrected chi connectivity index (χ3v) is 2.48. The fraction of sp³-hybridized carbons (Fsp3) is 0.429. The van der Waals surface area contributed by atoms with Crippen LogP contribution in [0.2, 0.25) is 0 Å². The van der Waals surface area contributed by atoms with Crippen molar-refractivity contribution in [3.05, 3.63) is 35.9 Å². The summed E-state index contributed by atoms with van der Waals surface area (Å²) >= 11 is 0. The lowest BCUT2D eigenvalue weighted by atomic mass is 10.2. The van der Waals surface area contributed by atoms with E-state index in [1.54, 1.807) is 0 Å². The molecule has 1 rings (SSSR count). The van der Waals surface area contributed by atoms with E-state index in [0.717, 1.165) is 5.56 Å². The molecule has 1 aromatic carbocycles. The van der Waals surface area contributed by atoms with Crippen LogP contribution in [0, 0.1) is 0 Å². The molecule has 0 aliphatic carbocycles. The van der Waals surface area contributed by atoms with E-state index in [2.05, 4.69) is 4.74 Å². The molecular formula is C14H18O4. The van der Waals surface area contributed by atoms with Crippen LogP contribution in [0.25, 0.3) is 0 Å². The van der Waals surface area contributed by atoms with Gasteiger partial charge in [-0.05, 0) is 18.4 Å². The van der Waals surface area contributed by atoms with Crippen molar-refractivity contribution < 1.29 is 19.1 Å². The van der Waals surface area contributed by atoms with Crippen molar-refractivity contribution in [2.24, 2.45) is 0 Å². The largest absolute Gasteiger partial charge is 0.469 e. The zero-order chi connectivity index (χ0) is 13.2. The SMILES string of the molecule is COC(=O)CCCCC(=O)OCc1ccccc1. The third kappa shape index (κ3) is 6.03. The van der Waals surface area contributed by atoms with E-state index in [9.17, 15) is 9.59 Å². The summed E-state index contributed by atoms with van der Waals surface area (Å²) in [6.07, 6.45) is 1.97. The summed E-state index contributed by atoms with van der Waals surface area (Å²) in [7, 11) is 1.36. The smallest absolute Gasteiger partial charge is 0.306 e. The van der Waals surface area contributed by atoms with E-state index in [-0.39, 0.29) is 11.9 Å². The van der Waals surface area contributed by atoms with E-state index >= 15 is 0 Å². The summed E-state index contributed by atoms with van der Waals surface area (Å²) in [5, 5.41) is 0. The number of rotatable bonds is 7. The maximum Gasteiger partial charge on any atom is 0.306 e. The molecule has 0 aliphatic heterocycles. The Hall–Kier alpha value is -1.84. The fourth-order valence-electron chi connectivity index (χ4n) is 1.45. The van der Waals surface area contributed by atoms with E-state index in [1.807, 2.05) is 30.3 Å². The molecule has 0 bridgehead atoms. The fourth-order valence-corrected chi connectivity index (χ4v) is 1.45. The lowest BCUT2D eigenvalue weighted by Gasteiger charge is -2.04. The van der Waals surface area contributed by atoms with Gasteiger partial charge in [0.15, 0.2) is 0 Å². The highest BCUT2D eigenvalue weighted by atomic mass is 16.5. The molecule has 18 heavy (non-hydrogen) atoms. The molecule has 4 nitrogen and oxygen atoms in total. The van der Waals surface area contributed by atoms with Crippen molar-refractivity contribution >= 4 is 11.9 Å². The molecular weight excluding hydrogens is 232 g/mol. The maximum atomic E-state index is 11.4. The van der Waals surface area contributed by atoms with Gasteiger partial charge in [-0.25, -0.2) is 0 Å². The van der Waals surface area contributed by atoms with Crippen molar-refractivity contribution in [2.45, 2.75) is 32.3 Å². The summed E-state index contributed by atoms with van der Waals surface area (Å²) in [4.78, 5) is 22.2. The molecule has 0 atom stereocenters. The summed E-state index contributed by atoms with van der Waals surface area (Å²) in [6.45, 7) is 0.302. The highest BCUT2D eigenvalue weighted by Gasteiger charge is 2.05. The Morgan fingerprint density at radius 3 is 2.22 bits per heavy atom. The van der Waals surface area contributed by atoms with Crippen LogP contribution >= 0.6 is 0 Å². The van der Waals surface area contributed by atoms with Crippen LogP contribution < -0.4 is 0 Å². The molecule has 0 radical (unpaired) electrons. The quantitative estimate of drug-likeness (QED) is 0.551. The number of esters is 2. The van der Waals surface area contributed by atoms with Gasteiger partial charge >= 0.3 is 11.9 Å². The van der Waals surface area contributed by atoms with Crippen LogP contribution in [0.3, 0.4) is 0 Å². The average Bonchev–Trinajstić information content (AvgIpc) is 2.42. The first-order valence-electron chi connectivity index (χ1n) is 5.98.